The number of benzene rings is 2. The number of carbonyl (C=O) groups is 1. The Kier molecular flexibility index (Phi) is 6.74. The van der Waals surface area contributed by atoms with Crippen LogP contribution in [0.5, 0.6) is 5.75 Å². The minimum Gasteiger partial charge on any atom is -0.492 e. The number of carbonyl (C=O) groups excluding carboxylic acids is 1. The van der Waals surface area contributed by atoms with Crippen LogP contribution in [-0.4, -0.2) is 38.3 Å². The molecule has 0 atom stereocenters. The quantitative estimate of drug-likeness (QED) is 0.700. The van der Waals surface area contributed by atoms with Crippen molar-refractivity contribution >= 4 is 37.5 Å². The minimum absolute atomic E-state index is 0.0688. The topological polar surface area (TPSA) is 75.7 Å². The van der Waals surface area contributed by atoms with Gasteiger partial charge >= 0.3 is 0 Å². The molecule has 1 aliphatic rings. The highest BCUT2D eigenvalue weighted by Crippen LogP contribution is 2.32. The molecule has 8 heteroatoms. The molecule has 1 N–H and O–H groups in total. The second-order valence-electron chi connectivity index (χ2n) is 6.56. The molecule has 6 nitrogen and oxygen atoms in total. The fourth-order valence-electron chi connectivity index (χ4n) is 3.22. The first-order valence-corrected chi connectivity index (χ1v) is 11.4. The lowest BCUT2D eigenvalue weighted by Gasteiger charge is -2.31. The van der Waals surface area contributed by atoms with E-state index in [0.29, 0.717) is 42.8 Å². The van der Waals surface area contributed by atoms with Gasteiger partial charge < -0.3 is 10.1 Å². The number of hydrogen-bond acceptors (Lipinski definition) is 4. The molecule has 0 aromatic heterocycles. The van der Waals surface area contributed by atoms with Crippen LogP contribution in [0, 0.1) is 5.92 Å². The van der Waals surface area contributed by atoms with Gasteiger partial charge in [-0.1, -0.05) is 34.1 Å². The Morgan fingerprint density at radius 3 is 2.50 bits per heavy atom. The summed E-state index contributed by atoms with van der Waals surface area (Å²) in [5, 5.41) is 2.90. The molecular formula is C20H23BrN2O4S. The van der Waals surface area contributed by atoms with E-state index < -0.39 is 10.0 Å². The number of piperidine rings is 1. The summed E-state index contributed by atoms with van der Waals surface area (Å²) >= 11 is 3.33. The molecule has 0 radical (unpaired) electrons. The Bertz CT molecular complexity index is 926. The third-order valence-corrected chi connectivity index (χ3v) is 7.10. The number of nitrogens with one attached hydrogen (secondary N) is 1. The first kappa shape index (κ1) is 20.8. The van der Waals surface area contributed by atoms with Crippen molar-refractivity contribution in [2.45, 2.75) is 24.7 Å². The number of anilines is 1. The van der Waals surface area contributed by atoms with Crippen molar-refractivity contribution in [3.63, 3.8) is 0 Å². The van der Waals surface area contributed by atoms with Crippen molar-refractivity contribution in [3.8, 4) is 5.75 Å². The molecular weight excluding hydrogens is 444 g/mol. The molecule has 0 bridgehead atoms. The third-order valence-electron chi connectivity index (χ3n) is 4.69. The van der Waals surface area contributed by atoms with Crippen molar-refractivity contribution in [3.05, 3.63) is 53.0 Å². The molecule has 0 aliphatic carbocycles. The Morgan fingerprint density at radius 2 is 1.86 bits per heavy atom. The van der Waals surface area contributed by atoms with Gasteiger partial charge in [-0.15, -0.1) is 0 Å². The monoisotopic (exact) mass is 466 g/mol. The largest absolute Gasteiger partial charge is 0.492 e. The summed E-state index contributed by atoms with van der Waals surface area (Å²) in [6.07, 6.45) is 0.964. The average molecular weight is 467 g/mol. The lowest BCUT2D eigenvalue weighted by Crippen LogP contribution is -2.41. The molecule has 0 spiro atoms. The average Bonchev–Trinajstić information content (AvgIpc) is 2.70. The van der Waals surface area contributed by atoms with Crippen LogP contribution in [0.15, 0.2) is 57.9 Å². The second kappa shape index (κ2) is 9.07. The van der Waals surface area contributed by atoms with E-state index >= 15 is 0 Å². The standard InChI is InChI=1S/C20H23BrN2O4S/c1-2-27-18-9-8-16(21)14-19(18)28(25,26)23-12-10-15(11-13-23)20(24)22-17-6-4-3-5-7-17/h3-9,14-15H,2,10-13H2,1H3,(H,22,24). The molecule has 2 aromatic rings. The lowest BCUT2D eigenvalue weighted by atomic mass is 9.97. The number of ether oxygens (including phenoxy) is 1. The summed E-state index contributed by atoms with van der Waals surface area (Å²) in [7, 11) is -3.70. The summed E-state index contributed by atoms with van der Waals surface area (Å²) in [5.74, 6) is 0.0656. The van der Waals surface area contributed by atoms with Crippen LogP contribution in [0.1, 0.15) is 19.8 Å². The second-order valence-corrected chi connectivity index (χ2v) is 9.38. The van der Waals surface area contributed by atoms with Crippen LogP contribution in [0.3, 0.4) is 0 Å². The third kappa shape index (κ3) is 4.74. The maximum atomic E-state index is 13.1. The van der Waals surface area contributed by atoms with Gasteiger partial charge in [0.15, 0.2) is 0 Å². The summed E-state index contributed by atoms with van der Waals surface area (Å²) < 4.78 is 33.9. The minimum atomic E-state index is -3.70. The van der Waals surface area contributed by atoms with Gasteiger partial charge in [0.1, 0.15) is 10.6 Å². The number of halogens is 1. The van der Waals surface area contributed by atoms with E-state index in [2.05, 4.69) is 21.2 Å². The molecule has 1 aliphatic heterocycles. The molecule has 1 saturated heterocycles. The van der Waals surface area contributed by atoms with Crippen molar-refractivity contribution in [2.75, 3.05) is 25.0 Å². The molecule has 1 fully saturated rings. The van der Waals surface area contributed by atoms with Crippen LogP contribution < -0.4 is 10.1 Å². The number of hydrogen-bond donors (Lipinski definition) is 1. The summed E-state index contributed by atoms with van der Waals surface area (Å²) in [6.45, 7) is 2.79. The van der Waals surface area contributed by atoms with Crippen molar-refractivity contribution in [1.29, 1.82) is 0 Å². The van der Waals surface area contributed by atoms with E-state index in [9.17, 15) is 13.2 Å². The maximum absolute atomic E-state index is 13.1. The Hall–Kier alpha value is -1.90. The fourth-order valence-corrected chi connectivity index (χ4v) is 5.36. The molecule has 150 valence electrons. The predicted octanol–water partition coefficient (Wildman–Crippen LogP) is 3.89. The van der Waals surface area contributed by atoms with Gasteiger partial charge in [0.05, 0.1) is 6.61 Å². The zero-order valence-electron chi connectivity index (χ0n) is 15.6. The lowest BCUT2D eigenvalue weighted by molar-refractivity contribution is -0.120. The smallest absolute Gasteiger partial charge is 0.246 e. The first-order chi connectivity index (χ1) is 13.4. The molecule has 2 aromatic carbocycles. The highest BCUT2D eigenvalue weighted by atomic mass is 79.9. The molecule has 28 heavy (non-hydrogen) atoms. The Balaban J connectivity index is 1.69. The van der Waals surface area contributed by atoms with Crippen LogP contribution in [0.4, 0.5) is 5.69 Å². The zero-order valence-corrected chi connectivity index (χ0v) is 18.0. The van der Waals surface area contributed by atoms with Crippen molar-refractivity contribution < 1.29 is 17.9 Å². The number of para-hydroxylation sites is 1. The van der Waals surface area contributed by atoms with Gasteiger partial charge in [0, 0.05) is 29.2 Å². The van der Waals surface area contributed by atoms with Crippen molar-refractivity contribution in [1.82, 2.24) is 4.31 Å². The Morgan fingerprint density at radius 1 is 1.18 bits per heavy atom. The number of nitrogens with zero attached hydrogens (tertiary/aromatic N) is 1. The summed E-state index contributed by atoms with van der Waals surface area (Å²) in [6, 6.07) is 14.2. The first-order valence-electron chi connectivity index (χ1n) is 9.20. The van der Waals surface area contributed by atoms with Crippen LogP contribution in [-0.2, 0) is 14.8 Å². The van der Waals surface area contributed by atoms with Gasteiger partial charge in [0.25, 0.3) is 0 Å². The van der Waals surface area contributed by atoms with E-state index in [1.165, 1.54) is 4.31 Å². The highest BCUT2D eigenvalue weighted by Gasteiger charge is 2.33. The van der Waals surface area contributed by atoms with Gasteiger partial charge in [-0.3, -0.25) is 4.79 Å². The number of sulfonamides is 1. The summed E-state index contributed by atoms with van der Waals surface area (Å²) in [5.41, 5.74) is 0.748. The van der Waals surface area contributed by atoms with Crippen LogP contribution in [0.2, 0.25) is 0 Å². The highest BCUT2D eigenvalue weighted by molar-refractivity contribution is 9.10. The summed E-state index contributed by atoms with van der Waals surface area (Å²) in [4.78, 5) is 12.6. The van der Waals surface area contributed by atoms with Gasteiger partial charge in [-0.2, -0.15) is 4.31 Å². The Labute approximate surface area is 174 Å². The maximum Gasteiger partial charge on any atom is 0.246 e. The number of rotatable bonds is 6. The van der Waals surface area contributed by atoms with E-state index in [0.717, 1.165) is 5.69 Å². The van der Waals surface area contributed by atoms with Gasteiger partial charge in [-0.05, 0) is 50.1 Å². The van der Waals surface area contributed by atoms with E-state index in [4.69, 9.17) is 4.74 Å². The molecule has 1 heterocycles. The van der Waals surface area contributed by atoms with Crippen LogP contribution >= 0.6 is 15.9 Å². The van der Waals surface area contributed by atoms with Gasteiger partial charge in [-0.25, -0.2) is 8.42 Å². The van der Waals surface area contributed by atoms with E-state index in [1.807, 2.05) is 37.3 Å². The SMILES string of the molecule is CCOc1ccc(Br)cc1S(=O)(=O)N1CCC(C(=O)Nc2ccccc2)CC1. The molecule has 1 amide bonds. The predicted molar refractivity (Wildman–Crippen MR) is 112 cm³/mol. The normalized spacial score (nSPS) is 15.9. The van der Waals surface area contributed by atoms with E-state index in [-0.39, 0.29) is 16.7 Å². The molecule has 3 rings (SSSR count). The van der Waals surface area contributed by atoms with E-state index in [1.54, 1.807) is 18.2 Å². The van der Waals surface area contributed by atoms with Crippen LogP contribution in [0.25, 0.3) is 0 Å². The zero-order chi connectivity index (χ0) is 20.1. The molecule has 0 unspecified atom stereocenters. The van der Waals surface area contributed by atoms with Gasteiger partial charge in [0.2, 0.25) is 15.9 Å². The number of amides is 1. The molecule has 0 saturated carbocycles. The fraction of sp³-hybridized carbons (Fsp3) is 0.350. The van der Waals surface area contributed by atoms with Crippen molar-refractivity contribution in [2.24, 2.45) is 5.92 Å².